The molecule has 0 aliphatic carbocycles. The Morgan fingerprint density at radius 2 is 1.90 bits per heavy atom. The number of aryl methyl sites for hydroxylation is 1. The van der Waals surface area contributed by atoms with Gasteiger partial charge in [0, 0.05) is 25.7 Å². The number of hydrogen-bond donors (Lipinski definition) is 1. The lowest BCUT2D eigenvalue weighted by atomic mass is 10.1. The fraction of sp³-hybridized carbons (Fsp3) is 0.476. The summed E-state index contributed by atoms with van der Waals surface area (Å²) in [5, 5.41) is 6.21. The molecule has 3 rings (SSSR count). The molecular weight excluding hydrogens is 374 g/mol. The zero-order chi connectivity index (χ0) is 21.0. The van der Waals surface area contributed by atoms with E-state index in [-0.39, 0.29) is 18.1 Å². The lowest BCUT2D eigenvalue weighted by Gasteiger charge is -2.35. The molecule has 0 radical (unpaired) electrons. The average molecular weight is 401 g/mol. The van der Waals surface area contributed by atoms with Gasteiger partial charge in [0.25, 0.3) is 5.91 Å². The molecule has 1 aliphatic rings. The van der Waals surface area contributed by atoms with E-state index in [9.17, 15) is 9.59 Å². The van der Waals surface area contributed by atoms with E-state index in [0.717, 1.165) is 25.2 Å². The Kier molecular flexibility index (Phi) is 6.66. The SMILES string of the molecule is Cc1cc(NC(=O)C(C)OC(=O)c2ccc(CN3CC(C)OC(C)C3)cc2)on1. The average Bonchev–Trinajstić information content (AvgIpc) is 3.06. The Bertz CT molecular complexity index is 838. The number of ether oxygens (including phenoxy) is 2. The van der Waals surface area contributed by atoms with Gasteiger partial charge in [-0.2, -0.15) is 0 Å². The summed E-state index contributed by atoms with van der Waals surface area (Å²) in [6.07, 6.45) is -0.549. The van der Waals surface area contributed by atoms with Gasteiger partial charge in [0.05, 0.1) is 23.5 Å². The zero-order valence-electron chi connectivity index (χ0n) is 17.2. The summed E-state index contributed by atoms with van der Waals surface area (Å²) in [5.74, 6) is -0.824. The highest BCUT2D eigenvalue weighted by molar-refractivity contribution is 5.96. The van der Waals surface area contributed by atoms with Gasteiger partial charge in [-0.1, -0.05) is 17.3 Å². The first kappa shape index (κ1) is 21.0. The number of nitrogens with zero attached hydrogens (tertiary/aromatic N) is 2. The fourth-order valence-corrected chi connectivity index (χ4v) is 3.35. The molecule has 0 saturated carbocycles. The Morgan fingerprint density at radius 3 is 2.48 bits per heavy atom. The van der Waals surface area contributed by atoms with Crippen molar-refractivity contribution in [2.75, 3.05) is 18.4 Å². The third-order valence-corrected chi connectivity index (χ3v) is 4.62. The van der Waals surface area contributed by atoms with E-state index in [4.69, 9.17) is 14.0 Å². The molecule has 0 spiro atoms. The number of rotatable bonds is 6. The Labute approximate surface area is 170 Å². The number of benzene rings is 1. The molecule has 156 valence electrons. The van der Waals surface area contributed by atoms with Gasteiger partial charge in [0.1, 0.15) is 0 Å². The van der Waals surface area contributed by atoms with Crippen LogP contribution < -0.4 is 5.32 Å². The predicted molar refractivity (Wildman–Crippen MR) is 106 cm³/mol. The minimum Gasteiger partial charge on any atom is -0.449 e. The van der Waals surface area contributed by atoms with E-state index in [1.54, 1.807) is 25.1 Å². The van der Waals surface area contributed by atoms with Gasteiger partial charge >= 0.3 is 5.97 Å². The number of nitrogens with one attached hydrogen (secondary N) is 1. The third kappa shape index (κ3) is 5.88. The van der Waals surface area contributed by atoms with Gasteiger partial charge in [-0.25, -0.2) is 4.79 Å². The van der Waals surface area contributed by atoms with E-state index in [1.165, 1.54) is 6.92 Å². The van der Waals surface area contributed by atoms with Gasteiger partial charge in [0.2, 0.25) is 5.88 Å². The summed E-state index contributed by atoms with van der Waals surface area (Å²) in [4.78, 5) is 26.8. The minimum absolute atomic E-state index is 0.210. The first-order chi connectivity index (χ1) is 13.8. The van der Waals surface area contributed by atoms with Crippen molar-refractivity contribution in [3.8, 4) is 0 Å². The number of hydrogen-bond acceptors (Lipinski definition) is 7. The molecule has 0 bridgehead atoms. The van der Waals surface area contributed by atoms with Crippen LogP contribution in [0, 0.1) is 6.92 Å². The highest BCUT2D eigenvalue weighted by atomic mass is 16.5. The lowest BCUT2D eigenvalue weighted by Crippen LogP contribution is -2.44. The number of aromatic nitrogens is 1. The van der Waals surface area contributed by atoms with Crippen LogP contribution >= 0.6 is 0 Å². The van der Waals surface area contributed by atoms with Crippen LogP contribution in [-0.2, 0) is 20.8 Å². The topological polar surface area (TPSA) is 93.9 Å². The molecule has 3 unspecified atom stereocenters. The second-order valence-corrected chi connectivity index (χ2v) is 7.52. The molecule has 2 aromatic rings. The second-order valence-electron chi connectivity index (χ2n) is 7.52. The highest BCUT2D eigenvalue weighted by Gasteiger charge is 2.23. The summed E-state index contributed by atoms with van der Waals surface area (Å²) in [6, 6.07) is 8.83. The van der Waals surface area contributed by atoms with Crippen LogP contribution in [0.3, 0.4) is 0 Å². The maximum atomic E-state index is 12.3. The van der Waals surface area contributed by atoms with E-state index >= 15 is 0 Å². The lowest BCUT2D eigenvalue weighted by molar-refractivity contribution is -0.123. The summed E-state index contributed by atoms with van der Waals surface area (Å²) in [7, 11) is 0. The maximum absolute atomic E-state index is 12.3. The maximum Gasteiger partial charge on any atom is 0.338 e. The first-order valence-corrected chi connectivity index (χ1v) is 9.72. The van der Waals surface area contributed by atoms with Crippen LogP contribution in [0.4, 0.5) is 5.88 Å². The molecule has 3 atom stereocenters. The number of anilines is 1. The molecule has 8 nitrogen and oxygen atoms in total. The summed E-state index contributed by atoms with van der Waals surface area (Å²) in [6.45, 7) is 9.95. The van der Waals surface area contributed by atoms with Crippen molar-refractivity contribution in [3.05, 3.63) is 47.2 Å². The largest absolute Gasteiger partial charge is 0.449 e. The number of carbonyl (C=O) groups excluding carboxylic acids is 2. The third-order valence-electron chi connectivity index (χ3n) is 4.62. The number of esters is 1. The quantitative estimate of drug-likeness (QED) is 0.744. The first-order valence-electron chi connectivity index (χ1n) is 9.72. The predicted octanol–water partition coefficient (Wildman–Crippen LogP) is 2.78. The number of amides is 1. The Hall–Kier alpha value is -2.71. The molecule has 1 aromatic heterocycles. The molecule has 1 aliphatic heterocycles. The molecule has 1 saturated heterocycles. The monoisotopic (exact) mass is 401 g/mol. The highest BCUT2D eigenvalue weighted by Crippen LogP contribution is 2.16. The van der Waals surface area contributed by atoms with Crippen LogP contribution in [0.15, 0.2) is 34.9 Å². The van der Waals surface area contributed by atoms with E-state index < -0.39 is 18.0 Å². The van der Waals surface area contributed by atoms with E-state index in [2.05, 4.69) is 29.2 Å². The standard InChI is InChI=1S/C21H27N3O5/c1-13-9-19(29-23-13)22-20(25)16(4)28-21(26)18-7-5-17(6-8-18)12-24-10-14(2)27-15(3)11-24/h5-9,14-16H,10-12H2,1-4H3,(H,22,25). The van der Waals surface area contributed by atoms with Crippen LogP contribution in [0.2, 0.25) is 0 Å². The van der Waals surface area contributed by atoms with Crippen molar-refractivity contribution >= 4 is 17.8 Å². The van der Waals surface area contributed by atoms with Gasteiger partial charge in [-0.3, -0.25) is 15.0 Å². The van der Waals surface area contributed by atoms with E-state index in [0.29, 0.717) is 11.3 Å². The van der Waals surface area contributed by atoms with Crippen molar-refractivity contribution in [2.45, 2.75) is 52.6 Å². The summed E-state index contributed by atoms with van der Waals surface area (Å²) >= 11 is 0. The van der Waals surface area contributed by atoms with Crippen LogP contribution in [0.1, 0.15) is 42.4 Å². The summed E-state index contributed by atoms with van der Waals surface area (Å²) in [5.41, 5.74) is 2.15. The summed E-state index contributed by atoms with van der Waals surface area (Å²) < 4.78 is 15.9. The number of carbonyl (C=O) groups is 2. The molecule has 8 heteroatoms. The van der Waals surface area contributed by atoms with Gasteiger partial charge in [-0.05, 0) is 45.4 Å². The van der Waals surface area contributed by atoms with Crippen molar-refractivity contribution in [1.29, 1.82) is 0 Å². The molecular formula is C21H27N3O5. The number of morpholine rings is 1. The minimum atomic E-state index is -0.969. The normalized spacial score (nSPS) is 20.8. The zero-order valence-corrected chi connectivity index (χ0v) is 17.2. The Morgan fingerprint density at radius 1 is 1.24 bits per heavy atom. The van der Waals surface area contributed by atoms with Crippen LogP contribution in [0.5, 0.6) is 0 Å². The van der Waals surface area contributed by atoms with Crippen molar-refractivity contribution in [2.24, 2.45) is 0 Å². The van der Waals surface area contributed by atoms with Gasteiger partial charge < -0.3 is 14.0 Å². The molecule has 1 N–H and O–H groups in total. The van der Waals surface area contributed by atoms with Crippen molar-refractivity contribution in [3.63, 3.8) is 0 Å². The van der Waals surface area contributed by atoms with Crippen LogP contribution in [0.25, 0.3) is 0 Å². The van der Waals surface area contributed by atoms with Crippen molar-refractivity contribution < 1.29 is 23.6 Å². The van der Waals surface area contributed by atoms with Crippen molar-refractivity contribution in [1.82, 2.24) is 10.1 Å². The molecule has 1 amide bonds. The Balaban J connectivity index is 1.52. The molecule has 29 heavy (non-hydrogen) atoms. The molecule has 2 heterocycles. The van der Waals surface area contributed by atoms with E-state index in [1.807, 2.05) is 12.1 Å². The second kappa shape index (κ2) is 9.19. The van der Waals surface area contributed by atoms with Crippen LogP contribution in [-0.4, -0.2) is 53.3 Å². The smallest absolute Gasteiger partial charge is 0.338 e. The molecule has 1 aromatic carbocycles. The van der Waals surface area contributed by atoms with Gasteiger partial charge in [0.15, 0.2) is 6.10 Å². The fourth-order valence-electron chi connectivity index (χ4n) is 3.35. The molecule has 1 fully saturated rings. The van der Waals surface area contributed by atoms with Gasteiger partial charge in [-0.15, -0.1) is 0 Å².